The number of hydrogen-bond acceptors (Lipinski definition) is 3. The van der Waals surface area contributed by atoms with Crippen molar-refractivity contribution in [1.82, 2.24) is 0 Å². The highest BCUT2D eigenvalue weighted by atomic mass is 32.2. The molecule has 0 aliphatic heterocycles. The van der Waals surface area contributed by atoms with Gasteiger partial charge in [0.05, 0.1) is 4.92 Å². The summed E-state index contributed by atoms with van der Waals surface area (Å²) in [5.41, 5.74) is 1.24. The summed E-state index contributed by atoms with van der Waals surface area (Å²) in [4.78, 5) is 11.5. The standard InChI is InChI=1S/C18H18FNO2S/c19-15-6-10-17(11-7-15)23-18(12-2-1-3-13-18)14-4-8-16(9-5-14)20(21)22/h4-11H,1-3,12-13H2. The van der Waals surface area contributed by atoms with Crippen LogP contribution in [0, 0.1) is 15.9 Å². The van der Waals surface area contributed by atoms with E-state index in [4.69, 9.17) is 0 Å². The summed E-state index contributed by atoms with van der Waals surface area (Å²) in [6.07, 6.45) is 5.58. The smallest absolute Gasteiger partial charge is 0.258 e. The normalized spacial score (nSPS) is 16.9. The van der Waals surface area contributed by atoms with Crippen molar-refractivity contribution in [1.29, 1.82) is 0 Å². The van der Waals surface area contributed by atoms with Crippen molar-refractivity contribution in [2.24, 2.45) is 0 Å². The summed E-state index contributed by atoms with van der Waals surface area (Å²) >= 11 is 1.75. The van der Waals surface area contributed by atoms with Crippen molar-refractivity contribution in [3.63, 3.8) is 0 Å². The Bertz CT molecular complexity index is 679. The maximum Gasteiger partial charge on any atom is 0.269 e. The van der Waals surface area contributed by atoms with Gasteiger partial charge < -0.3 is 0 Å². The monoisotopic (exact) mass is 331 g/mol. The van der Waals surface area contributed by atoms with E-state index in [9.17, 15) is 14.5 Å². The summed E-state index contributed by atoms with van der Waals surface area (Å²) in [5.74, 6) is -0.234. The average Bonchev–Trinajstić information content (AvgIpc) is 2.58. The first-order valence-corrected chi connectivity index (χ1v) is 8.60. The number of rotatable bonds is 4. The number of nitrogens with zero attached hydrogens (tertiary/aromatic N) is 1. The quantitative estimate of drug-likeness (QED) is 0.534. The minimum atomic E-state index is -0.371. The number of nitro benzene ring substituents is 1. The summed E-state index contributed by atoms with van der Waals surface area (Å²) in [5, 5.41) is 10.9. The van der Waals surface area contributed by atoms with Gasteiger partial charge in [0.25, 0.3) is 5.69 Å². The van der Waals surface area contributed by atoms with Gasteiger partial charge in [-0.3, -0.25) is 10.1 Å². The highest BCUT2D eigenvalue weighted by Gasteiger charge is 2.35. The van der Waals surface area contributed by atoms with Crippen LogP contribution >= 0.6 is 11.8 Å². The first-order chi connectivity index (χ1) is 11.1. The fourth-order valence-electron chi connectivity index (χ4n) is 3.19. The molecule has 0 bridgehead atoms. The van der Waals surface area contributed by atoms with Crippen molar-refractivity contribution in [3.05, 3.63) is 70.0 Å². The van der Waals surface area contributed by atoms with Crippen LogP contribution in [0.15, 0.2) is 53.4 Å². The molecule has 1 saturated carbocycles. The van der Waals surface area contributed by atoms with Crippen LogP contribution in [-0.4, -0.2) is 4.92 Å². The second kappa shape index (κ2) is 6.71. The fraction of sp³-hybridized carbons (Fsp3) is 0.333. The van der Waals surface area contributed by atoms with E-state index >= 15 is 0 Å². The summed E-state index contributed by atoms with van der Waals surface area (Å²) in [7, 11) is 0. The molecule has 0 radical (unpaired) electrons. The fourth-order valence-corrected chi connectivity index (χ4v) is 4.66. The lowest BCUT2D eigenvalue weighted by Gasteiger charge is -2.37. The summed E-state index contributed by atoms with van der Waals surface area (Å²) in [6.45, 7) is 0. The van der Waals surface area contributed by atoms with Gasteiger partial charge in [-0.1, -0.05) is 31.4 Å². The molecular weight excluding hydrogens is 313 g/mol. The Morgan fingerprint density at radius 1 is 0.957 bits per heavy atom. The molecule has 3 rings (SSSR count). The van der Waals surface area contributed by atoms with Crippen molar-refractivity contribution >= 4 is 17.4 Å². The summed E-state index contributed by atoms with van der Waals surface area (Å²) in [6, 6.07) is 13.5. The molecule has 0 heterocycles. The van der Waals surface area contributed by atoms with Crippen LogP contribution in [0.1, 0.15) is 37.7 Å². The molecular formula is C18H18FNO2S. The topological polar surface area (TPSA) is 43.1 Å². The minimum absolute atomic E-state index is 0.0782. The molecule has 2 aromatic carbocycles. The molecule has 23 heavy (non-hydrogen) atoms. The molecule has 0 atom stereocenters. The molecule has 0 saturated heterocycles. The Hall–Kier alpha value is -1.88. The highest BCUT2D eigenvalue weighted by Crippen LogP contribution is 2.51. The van der Waals surface area contributed by atoms with Crippen molar-refractivity contribution in [2.45, 2.75) is 41.7 Å². The van der Waals surface area contributed by atoms with E-state index in [-0.39, 0.29) is 21.2 Å². The SMILES string of the molecule is O=[N+]([O-])c1ccc(C2(Sc3ccc(F)cc3)CCCCC2)cc1. The maximum absolute atomic E-state index is 13.1. The van der Waals surface area contributed by atoms with E-state index < -0.39 is 0 Å². The molecule has 0 unspecified atom stereocenters. The zero-order valence-corrected chi connectivity index (χ0v) is 13.5. The Morgan fingerprint density at radius 3 is 2.13 bits per heavy atom. The minimum Gasteiger partial charge on any atom is -0.258 e. The molecule has 1 aliphatic rings. The third kappa shape index (κ3) is 3.55. The van der Waals surface area contributed by atoms with E-state index in [0.29, 0.717) is 0 Å². The molecule has 1 aliphatic carbocycles. The van der Waals surface area contributed by atoms with Gasteiger partial charge in [0.15, 0.2) is 0 Å². The highest BCUT2D eigenvalue weighted by molar-refractivity contribution is 8.00. The Kier molecular flexibility index (Phi) is 4.66. The van der Waals surface area contributed by atoms with Crippen LogP contribution in [0.4, 0.5) is 10.1 Å². The Morgan fingerprint density at radius 2 is 1.57 bits per heavy atom. The van der Waals surface area contributed by atoms with E-state index in [2.05, 4.69) is 0 Å². The van der Waals surface area contributed by atoms with Crippen LogP contribution in [0.25, 0.3) is 0 Å². The number of thioether (sulfide) groups is 1. The van der Waals surface area contributed by atoms with Gasteiger partial charge in [-0.25, -0.2) is 4.39 Å². The van der Waals surface area contributed by atoms with Gasteiger partial charge >= 0.3 is 0 Å². The third-order valence-corrected chi connectivity index (χ3v) is 5.93. The predicted molar refractivity (Wildman–Crippen MR) is 90.1 cm³/mol. The Labute approximate surface area is 139 Å². The molecule has 120 valence electrons. The van der Waals surface area contributed by atoms with Gasteiger partial charge in [0.1, 0.15) is 5.82 Å². The first-order valence-electron chi connectivity index (χ1n) is 7.79. The van der Waals surface area contributed by atoms with Gasteiger partial charge in [0, 0.05) is 21.8 Å². The third-order valence-electron chi connectivity index (χ3n) is 4.39. The molecule has 5 heteroatoms. The molecule has 3 nitrogen and oxygen atoms in total. The van der Waals surface area contributed by atoms with E-state index in [1.54, 1.807) is 23.9 Å². The number of benzene rings is 2. The molecule has 0 amide bonds. The largest absolute Gasteiger partial charge is 0.269 e. The number of hydrogen-bond donors (Lipinski definition) is 0. The maximum atomic E-state index is 13.1. The van der Waals surface area contributed by atoms with Crippen LogP contribution in [-0.2, 0) is 4.75 Å². The van der Waals surface area contributed by atoms with Crippen LogP contribution < -0.4 is 0 Å². The molecule has 0 spiro atoms. The second-order valence-corrected chi connectivity index (χ2v) is 7.37. The molecule has 1 fully saturated rings. The van der Waals surface area contributed by atoms with E-state index in [1.807, 2.05) is 24.3 Å². The number of nitro groups is 1. The predicted octanol–water partition coefficient (Wildman–Crippen LogP) is 5.69. The average molecular weight is 331 g/mol. The van der Waals surface area contributed by atoms with Crippen LogP contribution in [0.3, 0.4) is 0 Å². The molecule has 0 aromatic heterocycles. The first kappa shape index (κ1) is 16.0. The van der Waals surface area contributed by atoms with Gasteiger partial charge in [-0.15, -0.1) is 11.8 Å². The lowest BCUT2D eigenvalue weighted by atomic mass is 9.83. The van der Waals surface area contributed by atoms with Gasteiger partial charge in [-0.05, 0) is 42.7 Å². The number of non-ortho nitro benzene ring substituents is 1. The lowest BCUT2D eigenvalue weighted by molar-refractivity contribution is -0.384. The zero-order chi connectivity index (χ0) is 16.3. The lowest BCUT2D eigenvalue weighted by Crippen LogP contribution is -2.25. The van der Waals surface area contributed by atoms with E-state index in [0.717, 1.165) is 36.1 Å². The van der Waals surface area contributed by atoms with Crippen molar-refractivity contribution in [3.8, 4) is 0 Å². The van der Waals surface area contributed by atoms with Crippen molar-refractivity contribution in [2.75, 3.05) is 0 Å². The Balaban J connectivity index is 1.92. The second-order valence-electron chi connectivity index (χ2n) is 5.91. The van der Waals surface area contributed by atoms with Gasteiger partial charge in [-0.2, -0.15) is 0 Å². The van der Waals surface area contributed by atoms with Gasteiger partial charge in [0.2, 0.25) is 0 Å². The van der Waals surface area contributed by atoms with Crippen LogP contribution in [0.2, 0.25) is 0 Å². The molecule has 0 N–H and O–H groups in total. The van der Waals surface area contributed by atoms with Crippen molar-refractivity contribution < 1.29 is 9.31 Å². The number of halogens is 1. The van der Waals surface area contributed by atoms with E-state index in [1.165, 1.54) is 18.6 Å². The van der Waals surface area contributed by atoms with Crippen LogP contribution in [0.5, 0.6) is 0 Å². The molecule has 2 aromatic rings. The summed E-state index contributed by atoms with van der Waals surface area (Å²) < 4.78 is 13.1. The zero-order valence-electron chi connectivity index (χ0n) is 12.7.